The van der Waals surface area contributed by atoms with Crippen molar-refractivity contribution in [2.45, 2.75) is 11.8 Å². The number of nitrogens with two attached hydrogens (primary N) is 1. The molecule has 3 N–H and O–H groups in total. The molecule has 0 unspecified atom stereocenters. The number of nitrogens with one attached hydrogen (secondary N) is 1. The number of amides is 1. The highest BCUT2D eigenvalue weighted by Gasteiger charge is 2.17. The lowest BCUT2D eigenvalue weighted by molar-refractivity contribution is 0.102. The molecular formula is C15H13BrN4O3S. The van der Waals surface area contributed by atoms with Gasteiger partial charge in [0.2, 0.25) is 10.0 Å². The largest absolute Gasteiger partial charge is 0.321 e. The number of aryl methyl sites for hydroxylation is 1. The van der Waals surface area contributed by atoms with Crippen LogP contribution in [0.3, 0.4) is 0 Å². The lowest BCUT2D eigenvalue weighted by atomic mass is 10.3. The summed E-state index contributed by atoms with van der Waals surface area (Å²) in [6.07, 6.45) is 1.76. The van der Waals surface area contributed by atoms with Crippen molar-refractivity contribution in [1.82, 2.24) is 9.38 Å². The smallest absolute Gasteiger partial charge is 0.274 e. The second-order valence-electron chi connectivity index (χ2n) is 5.14. The Balaban J connectivity index is 1.93. The normalized spacial score (nSPS) is 11.6. The maximum atomic E-state index is 12.6. The van der Waals surface area contributed by atoms with Gasteiger partial charge >= 0.3 is 0 Å². The van der Waals surface area contributed by atoms with E-state index in [1.54, 1.807) is 23.6 Å². The average molecular weight is 409 g/mol. The zero-order valence-electron chi connectivity index (χ0n) is 12.5. The van der Waals surface area contributed by atoms with E-state index in [2.05, 4.69) is 26.2 Å². The van der Waals surface area contributed by atoms with E-state index in [9.17, 15) is 13.2 Å². The van der Waals surface area contributed by atoms with Crippen molar-refractivity contribution in [2.75, 3.05) is 5.32 Å². The lowest BCUT2D eigenvalue weighted by Gasteiger charge is -2.07. The van der Waals surface area contributed by atoms with Crippen LogP contribution >= 0.6 is 15.9 Å². The van der Waals surface area contributed by atoms with E-state index in [1.807, 2.05) is 6.07 Å². The number of anilines is 1. The molecule has 0 radical (unpaired) electrons. The number of nitrogens with zero attached hydrogens (tertiary/aromatic N) is 2. The van der Waals surface area contributed by atoms with Gasteiger partial charge in [0.05, 0.1) is 10.6 Å². The molecule has 3 aromatic rings. The van der Waals surface area contributed by atoms with E-state index in [0.29, 0.717) is 22.7 Å². The fourth-order valence-corrected chi connectivity index (χ4v) is 3.18. The Bertz CT molecular complexity index is 1040. The number of primary sulfonamides is 1. The minimum absolute atomic E-state index is 0.0181. The number of pyridine rings is 1. The van der Waals surface area contributed by atoms with Crippen LogP contribution in [0.4, 0.5) is 5.69 Å². The summed E-state index contributed by atoms with van der Waals surface area (Å²) < 4.78 is 25.0. The number of rotatable bonds is 3. The molecule has 24 heavy (non-hydrogen) atoms. The maximum Gasteiger partial charge on any atom is 0.274 e. The molecule has 1 amide bonds. The zero-order valence-corrected chi connectivity index (χ0v) is 14.9. The standard InChI is InChI=1S/C15H13BrN4O3S/c1-9-14(20-8-10(16)2-7-13(20)18-9)15(21)19-11-3-5-12(6-4-11)24(17,22)23/h2-8H,1H3,(H,19,21)(H2,17,22,23). The molecule has 0 spiro atoms. The molecule has 1 aromatic carbocycles. The Kier molecular flexibility index (Phi) is 4.16. The van der Waals surface area contributed by atoms with E-state index < -0.39 is 10.0 Å². The van der Waals surface area contributed by atoms with Gasteiger partial charge in [0.25, 0.3) is 5.91 Å². The van der Waals surface area contributed by atoms with Crippen molar-refractivity contribution in [1.29, 1.82) is 0 Å². The molecule has 0 aliphatic carbocycles. The molecule has 3 rings (SSSR count). The third-order valence-corrected chi connectivity index (χ3v) is 4.81. The van der Waals surface area contributed by atoms with Gasteiger partial charge in [0.15, 0.2) is 0 Å². The first kappa shape index (κ1) is 16.6. The van der Waals surface area contributed by atoms with Crippen molar-refractivity contribution < 1.29 is 13.2 Å². The quantitative estimate of drug-likeness (QED) is 0.692. The number of hydrogen-bond acceptors (Lipinski definition) is 4. The minimum atomic E-state index is -3.76. The number of fused-ring (bicyclic) bond motifs is 1. The van der Waals surface area contributed by atoms with Crippen LogP contribution in [-0.4, -0.2) is 23.7 Å². The number of carbonyl (C=O) groups excluding carboxylic acids is 1. The summed E-state index contributed by atoms with van der Waals surface area (Å²) in [5, 5.41) is 7.78. The van der Waals surface area contributed by atoms with Crippen LogP contribution in [0.5, 0.6) is 0 Å². The van der Waals surface area contributed by atoms with Gasteiger partial charge in [-0.1, -0.05) is 0 Å². The highest BCUT2D eigenvalue weighted by molar-refractivity contribution is 9.10. The van der Waals surface area contributed by atoms with E-state index in [4.69, 9.17) is 5.14 Å². The maximum absolute atomic E-state index is 12.6. The predicted molar refractivity (Wildman–Crippen MR) is 93.4 cm³/mol. The van der Waals surface area contributed by atoms with Crippen molar-refractivity contribution in [2.24, 2.45) is 5.14 Å². The molecule has 0 saturated heterocycles. The van der Waals surface area contributed by atoms with Gasteiger partial charge in [0, 0.05) is 16.4 Å². The highest BCUT2D eigenvalue weighted by Crippen LogP contribution is 2.19. The molecular weight excluding hydrogens is 396 g/mol. The van der Waals surface area contributed by atoms with Gasteiger partial charge in [-0.3, -0.25) is 9.20 Å². The molecule has 0 aliphatic rings. The first-order valence-corrected chi connectivity index (χ1v) is 9.18. The van der Waals surface area contributed by atoms with Gasteiger partial charge in [-0.25, -0.2) is 18.5 Å². The fraction of sp³-hybridized carbons (Fsp3) is 0.0667. The fourth-order valence-electron chi connectivity index (χ4n) is 2.33. The molecule has 0 fully saturated rings. The number of hydrogen-bond donors (Lipinski definition) is 2. The van der Waals surface area contributed by atoms with Gasteiger partial charge in [-0.15, -0.1) is 0 Å². The highest BCUT2D eigenvalue weighted by atomic mass is 79.9. The van der Waals surface area contributed by atoms with Crippen LogP contribution < -0.4 is 10.5 Å². The topological polar surface area (TPSA) is 107 Å². The Labute approximate surface area is 146 Å². The molecule has 9 heteroatoms. The zero-order chi connectivity index (χ0) is 17.5. The van der Waals surface area contributed by atoms with Gasteiger partial charge in [-0.2, -0.15) is 0 Å². The number of aromatic nitrogens is 2. The van der Waals surface area contributed by atoms with Crippen LogP contribution in [0.1, 0.15) is 16.2 Å². The summed E-state index contributed by atoms with van der Waals surface area (Å²) in [4.78, 5) is 16.9. The Hall–Kier alpha value is -2.23. The summed E-state index contributed by atoms with van der Waals surface area (Å²) in [7, 11) is -3.76. The summed E-state index contributed by atoms with van der Waals surface area (Å²) in [6, 6.07) is 9.27. The second kappa shape index (κ2) is 6.00. The monoisotopic (exact) mass is 408 g/mol. The number of benzene rings is 1. The van der Waals surface area contributed by atoms with Crippen molar-refractivity contribution in [3.63, 3.8) is 0 Å². The van der Waals surface area contributed by atoms with Gasteiger partial charge in [0.1, 0.15) is 11.3 Å². The molecule has 7 nitrogen and oxygen atoms in total. The summed E-state index contributed by atoms with van der Waals surface area (Å²) in [6.45, 7) is 1.75. The van der Waals surface area contributed by atoms with E-state index in [0.717, 1.165) is 4.47 Å². The third kappa shape index (κ3) is 3.18. The number of halogens is 1. The van der Waals surface area contributed by atoms with Crippen molar-refractivity contribution in [3.05, 3.63) is 58.5 Å². The molecule has 0 saturated carbocycles. The molecule has 0 bridgehead atoms. The summed E-state index contributed by atoms with van der Waals surface area (Å²) >= 11 is 3.37. The number of carbonyl (C=O) groups is 1. The molecule has 2 aromatic heterocycles. The SMILES string of the molecule is Cc1nc2ccc(Br)cn2c1C(=O)Nc1ccc(S(N)(=O)=O)cc1. The molecule has 124 valence electrons. The van der Waals surface area contributed by atoms with Crippen LogP contribution in [0.15, 0.2) is 52.0 Å². The van der Waals surface area contributed by atoms with Crippen molar-refractivity contribution >= 4 is 43.2 Å². The van der Waals surface area contributed by atoms with E-state index in [1.165, 1.54) is 24.3 Å². The first-order chi connectivity index (χ1) is 11.3. The Morgan fingerprint density at radius 1 is 1.21 bits per heavy atom. The van der Waals surface area contributed by atoms with E-state index in [-0.39, 0.29) is 10.8 Å². The van der Waals surface area contributed by atoms with Gasteiger partial charge in [-0.05, 0) is 59.3 Å². The first-order valence-electron chi connectivity index (χ1n) is 6.84. The van der Waals surface area contributed by atoms with Crippen LogP contribution in [0, 0.1) is 6.92 Å². The Morgan fingerprint density at radius 2 is 1.88 bits per heavy atom. The van der Waals surface area contributed by atoms with Crippen LogP contribution in [0.2, 0.25) is 0 Å². The van der Waals surface area contributed by atoms with Crippen molar-refractivity contribution in [3.8, 4) is 0 Å². The average Bonchev–Trinajstić information content (AvgIpc) is 2.82. The van der Waals surface area contributed by atoms with E-state index >= 15 is 0 Å². The summed E-state index contributed by atoms with van der Waals surface area (Å²) in [5.41, 5.74) is 2.11. The molecule has 0 aliphatic heterocycles. The minimum Gasteiger partial charge on any atom is -0.321 e. The van der Waals surface area contributed by atoms with Gasteiger partial charge < -0.3 is 5.32 Å². The third-order valence-electron chi connectivity index (χ3n) is 3.41. The Morgan fingerprint density at radius 3 is 2.50 bits per heavy atom. The number of sulfonamides is 1. The summed E-state index contributed by atoms with van der Waals surface area (Å²) in [5.74, 6) is -0.346. The second-order valence-corrected chi connectivity index (χ2v) is 7.62. The predicted octanol–water partition coefficient (Wildman–Crippen LogP) is 2.30. The number of imidazole rings is 1. The molecule has 2 heterocycles. The van der Waals surface area contributed by atoms with Crippen LogP contribution in [-0.2, 0) is 10.0 Å². The van der Waals surface area contributed by atoms with Crippen LogP contribution in [0.25, 0.3) is 5.65 Å². The molecule has 0 atom stereocenters. The lowest BCUT2D eigenvalue weighted by Crippen LogP contribution is -2.16.